The van der Waals surface area contributed by atoms with E-state index < -0.39 is 0 Å². The highest BCUT2D eigenvalue weighted by Gasteiger charge is 2.10. The number of hydrogen-bond acceptors (Lipinski definition) is 4. The van der Waals surface area contributed by atoms with E-state index in [0.717, 1.165) is 21.1 Å². The van der Waals surface area contributed by atoms with Crippen LogP contribution >= 0.6 is 15.9 Å². The zero-order valence-electron chi connectivity index (χ0n) is 9.01. The van der Waals surface area contributed by atoms with E-state index in [-0.39, 0.29) is 0 Å². The largest absolute Gasteiger partial charge is 0.381 e. The molecule has 6 heteroatoms. The van der Waals surface area contributed by atoms with Crippen LogP contribution in [0.1, 0.15) is 0 Å². The predicted octanol–water partition coefficient (Wildman–Crippen LogP) is 2.57. The van der Waals surface area contributed by atoms with Gasteiger partial charge in [0.05, 0.1) is 5.52 Å². The SMILES string of the molecule is Cn1nc(Br)c2cc(-c3cc(N)no3)ccc21. The zero-order valence-corrected chi connectivity index (χ0v) is 10.6. The number of nitrogen functional groups attached to an aromatic ring is 1. The van der Waals surface area contributed by atoms with Gasteiger partial charge < -0.3 is 10.3 Å². The summed E-state index contributed by atoms with van der Waals surface area (Å²) in [7, 11) is 1.90. The van der Waals surface area contributed by atoms with E-state index in [1.165, 1.54) is 0 Å². The molecule has 0 unspecified atom stereocenters. The maximum Gasteiger partial charge on any atom is 0.169 e. The van der Waals surface area contributed by atoms with Crippen molar-refractivity contribution in [1.29, 1.82) is 0 Å². The molecular formula is C11H9BrN4O. The van der Waals surface area contributed by atoms with E-state index in [2.05, 4.69) is 26.2 Å². The minimum absolute atomic E-state index is 0.380. The summed E-state index contributed by atoms with van der Waals surface area (Å²) in [6.45, 7) is 0. The fourth-order valence-corrected chi connectivity index (χ4v) is 2.36. The van der Waals surface area contributed by atoms with Crippen molar-refractivity contribution in [3.8, 4) is 11.3 Å². The van der Waals surface area contributed by atoms with Crippen LogP contribution in [0.3, 0.4) is 0 Å². The first-order chi connectivity index (χ1) is 8.15. The fraction of sp³-hybridized carbons (Fsp3) is 0.0909. The van der Waals surface area contributed by atoms with E-state index >= 15 is 0 Å². The standard InChI is InChI=1S/C11H9BrN4O/c1-16-8-3-2-6(4-7(8)11(12)14-16)9-5-10(13)15-17-9/h2-5H,1H3,(H2,13,15). The number of hydrogen-bond donors (Lipinski definition) is 1. The summed E-state index contributed by atoms with van der Waals surface area (Å²) in [4.78, 5) is 0. The molecule has 86 valence electrons. The normalized spacial score (nSPS) is 11.2. The summed E-state index contributed by atoms with van der Waals surface area (Å²) in [6, 6.07) is 7.63. The number of benzene rings is 1. The van der Waals surface area contributed by atoms with E-state index in [9.17, 15) is 0 Å². The second kappa shape index (κ2) is 3.59. The first kappa shape index (κ1) is 10.3. The molecule has 0 atom stereocenters. The Morgan fingerprint density at radius 1 is 1.35 bits per heavy atom. The quantitative estimate of drug-likeness (QED) is 0.748. The lowest BCUT2D eigenvalue weighted by Crippen LogP contribution is -1.88. The lowest BCUT2D eigenvalue weighted by Gasteiger charge is -1.97. The first-order valence-electron chi connectivity index (χ1n) is 5.00. The van der Waals surface area contributed by atoms with Gasteiger partial charge in [0.25, 0.3) is 0 Å². The smallest absolute Gasteiger partial charge is 0.169 e. The molecule has 0 spiro atoms. The van der Waals surface area contributed by atoms with Gasteiger partial charge in [-0.3, -0.25) is 4.68 Å². The van der Waals surface area contributed by atoms with Gasteiger partial charge in [0.1, 0.15) is 4.60 Å². The van der Waals surface area contributed by atoms with Gasteiger partial charge in [-0.2, -0.15) is 5.10 Å². The van der Waals surface area contributed by atoms with Crippen molar-refractivity contribution in [3.63, 3.8) is 0 Å². The minimum atomic E-state index is 0.380. The van der Waals surface area contributed by atoms with Crippen molar-refractivity contribution in [2.45, 2.75) is 0 Å². The molecule has 0 saturated carbocycles. The lowest BCUT2D eigenvalue weighted by atomic mass is 10.1. The van der Waals surface area contributed by atoms with Crippen molar-refractivity contribution in [1.82, 2.24) is 14.9 Å². The molecule has 0 bridgehead atoms. The van der Waals surface area contributed by atoms with Crippen molar-refractivity contribution >= 4 is 32.7 Å². The molecule has 1 aromatic carbocycles. The molecule has 2 aromatic heterocycles. The van der Waals surface area contributed by atoms with Gasteiger partial charge >= 0.3 is 0 Å². The Morgan fingerprint density at radius 2 is 2.18 bits per heavy atom. The average molecular weight is 293 g/mol. The molecule has 3 aromatic rings. The highest BCUT2D eigenvalue weighted by molar-refractivity contribution is 9.10. The van der Waals surface area contributed by atoms with Crippen LogP contribution in [0.4, 0.5) is 5.82 Å². The van der Waals surface area contributed by atoms with E-state index in [0.29, 0.717) is 11.6 Å². The van der Waals surface area contributed by atoms with Crippen molar-refractivity contribution in [3.05, 3.63) is 28.9 Å². The van der Waals surface area contributed by atoms with Crippen LogP contribution in [-0.4, -0.2) is 14.9 Å². The van der Waals surface area contributed by atoms with Crippen LogP contribution in [0.5, 0.6) is 0 Å². The molecule has 2 heterocycles. The molecule has 0 radical (unpaired) electrons. The second-order valence-corrected chi connectivity index (χ2v) is 4.51. The van der Waals surface area contributed by atoms with Crippen LogP contribution in [0.15, 0.2) is 33.4 Å². The van der Waals surface area contributed by atoms with Gasteiger partial charge in [-0.25, -0.2) is 0 Å². The monoisotopic (exact) mass is 292 g/mol. The Balaban J connectivity index is 2.22. The van der Waals surface area contributed by atoms with Crippen molar-refractivity contribution in [2.75, 3.05) is 5.73 Å². The van der Waals surface area contributed by atoms with E-state index in [1.807, 2.05) is 29.9 Å². The van der Waals surface area contributed by atoms with Gasteiger partial charge in [0.2, 0.25) is 0 Å². The molecule has 0 aliphatic carbocycles. The van der Waals surface area contributed by atoms with Crippen LogP contribution < -0.4 is 5.73 Å². The fourth-order valence-electron chi connectivity index (χ4n) is 1.80. The van der Waals surface area contributed by atoms with Crippen LogP contribution in [0.25, 0.3) is 22.2 Å². The van der Waals surface area contributed by atoms with Crippen LogP contribution in [0, 0.1) is 0 Å². The molecule has 3 rings (SSSR count). The Hall–Kier alpha value is -1.82. The number of nitrogens with zero attached hydrogens (tertiary/aromatic N) is 3. The molecule has 0 fully saturated rings. The zero-order chi connectivity index (χ0) is 12.0. The van der Waals surface area contributed by atoms with Gasteiger partial charge in [-0.15, -0.1) is 0 Å². The van der Waals surface area contributed by atoms with E-state index in [4.69, 9.17) is 10.3 Å². The van der Waals surface area contributed by atoms with Crippen molar-refractivity contribution in [2.24, 2.45) is 7.05 Å². The summed E-state index contributed by atoms with van der Waals surface area (Å²) in [6.07, 6.45) is 0. The molecule has 0 aliphatic rings. The van der Waals surface area contributed by atoms with Crippen molar-refractivity contribution < 1.29 is 4.52 Å². The predicted molar refractivity (Wildman–Crippen MR) is 68.3 cm³/mol. The average Bonchev–Trinajstić information content (AvgIpc) is 2.85. The van der Waals surface area contributed by atoms with Crippen LogP contribution in [0.2, 0.25) is 0 Å². The second-order valence-electron chi connectivity index (χ2n) is 3.76. The van der Waals surface area contributed by atoms with E-state index in [1.54, 1.807) is 6.07 Å². The molecule has 0 amide bonds. The topological polar surface area (TPSA) is 69.9 Å². The highest BCUT2D eigenvalue weighted by Crippen LogP contribution is 2.29. The molecule has 17 heavy (non-hydrogen) atoms. The number of fused-ring (bicyclic) bond motifs is 1. The molecule has 0 aliphatic heterocycles. The molecular weight excluding hydrogens is 284 g/mol. The summed E-state index contributed by atoms with van der Waals surface area (Å²) in [5, 5.41) is 8.99. The summed E-state index contributed by atoms with van der Waals surface area (Å²) in [5.41, 5.74) is 7.51. The molecule has 0 saturated heterocycles. The molecule has 2 N–H and O–H groups in total. The number of halogens is 1. The Morgan fingerprint density at radius 3 is 2.88 bits per heavy atom. The number of aryl methyl sites for hydroxylation is 1. The third kappa shape index (κ3) is 1.61. The van der Waals surface area contributed by atoms with Gasteiger partial charge in [-0.05, 0) is 34.1 Å². The lowest BCUT2D eigenvalue weighted by molar-refractivity contribution is 0.436. The minimum Gasteiger partial charge on any atom is -0.381 e. The summed E-state index contributed by atoms with van der Waals surface area (Å²) in [5.74, 6) is 1.03. The number of aromatic nitrogens is 3. The number of nitrogens with two attached hydrogens (primary N) is 1. The Bertz CT molecular complexity index is 701. The highest BCUT2D eigenvalue weighted by atomic mass is 79.9. The maximum atomic E-state index is 5.53. The maximum absolute atomic E-state index is 5.53. The van der Waals surface area contributed by atoms with Crippen LogP contribution in [-0.2, 0) is 7.05 Å². The Kier molecular flexibility index (Phi) is 2.19. The third-order valence-electron chi connectivity index (χ3n) is 2.62. The summed E-state index contributed by atoms with van der Waals surface area (Å²) < 4.78 is 7.76. The number of rotatable bonds is 1. The molecule has 5 nitrogen and oxygen atoms in total. The van der Waals surface area contributed by atoms with Gasteiger partial charge in [0, 0.05) is 24.1 Å². The van der Waals surface area contributed by atoms with Gasteiger partial charge in [0.15, 0.2) is 11.6 Å². The third-order valence-corrected chi connectivity index (χ3v) is 3.20. The number of anilines is 1. The Labute approximate surface area is 105 Å². The summed E-state index contributed by atoms with van der Waals surface area (Å²) >= 11 is 3.43. The van der Waals surface area contributed by atoms with Gasteiger partial charge in [-0.1, -0.05) is 5.16 Å². The first-order valence-corrected chi connectivity index (χ1v) is 5.79.